The van der Waals surface area contributed by atoms with Gasteiger partial charge in [0.1, 0.15) is 5.69 Å². The molecular weight excluding hydrogens is 298 g/mol. The Labute approximate surface area is 136 Å². The maximum absolute atomic E-state index is 11.8. The smallest absolute Gasteiger partial charge is 0.355 e. The van der Waals surface area contributed by atoms with E-state index >= 15 is 0 Å². The summed E-state index contributed by atoms with van der Waals surface area (Å²) in [5.41, 5.74) is 2.38. The van der Waals surface area contributed by atoms with Crippen LogP contribution in [0.3, 0.4) is 0 Å². The molecule has 0 aliphatic rings. The molecule has 0 aromatic carbocycles. The number of aldehydes is 1. The zero-order valence-electron chi connectivity index (χ0n) is 14.1. The minimum Gasteiger partial charge on any atom is -0.466 e. The molecule has 1 aromatic rings. The highest BCUT2D eigenvalue weighted by Crippen LogP contribution is 2.21. The molecule has 1 rings (SSSR count). The van der Waals surface area contributed by atoms with Crippen LogP contribution >= 0.6 is 0 Å². The van der Waals surface area contributed by atoms with Crippen LogP contribution in [0, 0.1) is 6.92 Å². The molecule has 6 heteroatoms. The number of esters is 2. The normalized spacial score (nSPS) is 10.4. The van der Waals surface area contributed by atoms with E-state index in [1.54, 1.807) is 13.8 Å². The number of nitrogens with one attached hydrogen (secondary N) is 1. The number of rotatable bonds is 10. The van der Waals surface area contributed by atoms with Crippen LogP contribution in [0.1, 0.15) is 71.6 Å². The van der Waals surface area contributed by atoms with Gasteiger partial charge in [0.05, 0.1) is 18.9 Å². The van der Waals surface area contributed by atoms with Crippen LogP contribution in [-0.2, 0) is 20.7 Å². The number of H-pyrrole nitrogens is 1. The van der Waals surface area contributed by atoms with Gasteiger partial charge in [-0.05, 0) is 51.2 Å². The Balaban J connectivity index is 2.57. The summed E-state index contributed by atoms with van der Waals surface area (Å²) in [6.07, 6.45) is 4.26. The van der Waals surface area contributed by atoms with Crippen molar-refractivity contribution in [3.05, 3.63) is 22.5 Å². The van der Waals surface area contributed by atoms with Gasteiger partial charge >= 0.3 is 11.9 Å². The van der Waals surface area contributed by atoms with Crippen LogP contribution in [0.2, 0.25) is 0 Å². The molecule has 0 aliphatic carbocycles. The lowest BCUT2D eigenvalue weighted by Gasteiger charge is -2.04. The van der Waals surface area contributed by atoms with E-state index in [0.29, 0.717) is 30.8 Å². The Morgan fingerprint density at radius 3 is 2.39 bits per heavy atom. The maximum Gasteiger partial charge on any atom is 0.355 e. The van der Waals surface area contributed by atoms with Crippen LogP contribution in [0.5, 0.6) is 0 Å². The zero-order chi connectivity index (χ0) is 17.2. The first kappa shape index (κ1) is 18.9. The Hall–Kier alpha value is -2.11. The van der Waals surface area contributed by atoms with E-state index in [2.05, 4.69) is 4.98 Å². The summed E-state index contributed by atoms with van der Waals surface area (Å²) in [7, 11) is 0. The monoisotopic (exact) mass is 323 g/mol. The van der Waals surface area contributed by atoms with Crippen LogP contribution in [0.25, 0.3) is 0 Å². The van der Waals surface area contributed by atoms with Crippen molar-refractivity contribution >= 4 is 18.2 Å². The molecule has 1 N–H and O–H groups in total. The molecule has 1 heterocycles. The van der Waals surface area contributed by atoms with Gasteiger partial charge in [-0.2, -0.15) is 0 Å². The second kappa shape index (κ2) is 9.82. The first-order valence-corrected chi connectivity index (χ1v) is 8.04. The highest BCUT2D eigenvalue weighted by atomic mass is 16.5. The van der Waals surface area contributed by atoms with Gasteiger partial charge in [-0.15, -0.1) is 0 Å². The molecule has 0 spiro atoms. The van der Waals surface area contributed by atoms with E-state index in [4.69, 9.17) is 9.47 Å². The van der Waals surface area contributed by atoms with Crippen molar-refractivity contribution in [2.45, 2.75) is 52.9 Å². The van der Waals surface area contributed by atoms with Crippen LogP contribution in [0.4, 0.5) is 0 Å². The molecule has 0 fully saturated rings. The van der Waals surface area contributed by atoms with Gasteiger partial charge in [0.15, 0.2) is 6.29 Å². The van der Waals surface area contributed by atoms with Crippen molar-refractivity contribution in [2.24, 2.45) is 0 Å². The van der Waals surface area contributed by atoms with E-state index in [-0.39, 0.29) is 12.6 Å². The van der Waals surface area contributed by atoms with Gasteiger partial charge < -0.3 is 14.5 Å². The minimum atomic E-state index is -0.443. The standard InChI is InChI=1S/C17H25NO5/c1-4-22-15(20)10-8-6-7-9-13-12(3)16(17(21)23-5-2)18-14(13)11-19/h11,18H,4-10H2,1-3H3. The summed E-state index contributed by atoms with van der Waals surface area (Å²) < 4.78 is 9.85. The number of carbonyl (C=O) groups excluding carboxylic acids is 3. The second-order valence-corrected chi connectivity index (χ2v) is 5.22. The Morgan fingerprint density at radius 2 is 1.78 bits per heavy atom. The highest BCUT2D eigenvalue weighted by Gasteiger charge is 2.19. The molecule has 0 radical (unpaired) electrons. The molecule has 0 bridgehead atoms. The van der Waals surface area contributed by atoms with E-state index in [0.717, 1.165) is 36.7 Å². The molecule has 0 atom stereocenters. The number of hydrogen-bond donors (Lipinski definition) is 1. The lowest BCUT2D eigenvalue weighted by Crippen LogP contribution is -2.06. The minimum absolute atomic E-state index is 0.177. The molecular formula is C17H25NO5. The maximum atomic E-state index is 11.8. The van der Waals surface area contributed by atoms with Crippen LogP contribution in [0.15, 0.2) is 0 Å². The quantitative estimate of drug-likeness (QED) is 0.406. The average Bonchev–Trinajstić information content (AvgIpc) is 2.84. The number of aromatic nitrogens is 1. The van der Waals surface area contributed by atoms with Crippen LogP contribution in [-0.4, -0.2) is 36.4 Å². The topological polar surface area (TPSA) is 85.5 Å². The molecule has 0 saturated heterocycles. The predicted molar refractivity (Wildman–Crippen MR) is 85.7 cm³/mol. The van der Waals surface area contributed by atoms with Gasteiger partial charge in [-0.1, -0.05) is 6.42 Å². The predicted octanol–water partition coefficient (Wildman–Crippen LogP) is 2.98. The van der Waals surface area contributed by atoms with Crippen LogP contribution < -0.4 is 0 Å². The van der Waals surface area contributed by atoms with Crippen molar-refractivity contribution in [1.82, 2.24) is 4.98 Å². The molecule has 0 amide bonds. The fraction of sp³-hybridized carbons (Fsp3) is 0.588. The van der Waals surface area contributed by atoms with Crippen molar-refractivity contribution < 1.29 is 23.9 Å². The third-order valence-electron chi connectivity index (χ3n) is 3.62. The van der Waals surface area contributed by atoms with E-state index in [9.17, 15) is 14.4 Å². The molecule has 6 nitrogen and oxygen atoms in total. The summed E-state index contributed by atoms with van der Waals surface area (Å²) in [6.45, 7) is 6.03. The largest absolute Gasteiger partial charge is 0.466 e. The second-order valence-electron chi connectivity index (χ2n) is 5.22. The summed E-state index contributed by atoms with van der Waals surface area (Å²) in [5, 5.41) is 0. The molecule has 0 saturated carbocycles. The molecule has 128 valence electrons. The first-order chi connectivity index (χ1) is 11.0. The molecule has 1 aromatic heterocycles. The fourth-order valence-electron chi connectivity index (χ4n) is 2.47. The van der Waals surface area contributed by atoms with E-state index in [1.165, 1.54) is 0 Å². The average molecular weight is 323 g/mol. The Bertz CT molecular complexity index is 547. The van der Waals surface area contributed by atoms with Gasteiger partial charge in [0, 0.05) is 6.42 Å². The number of unbranched alkanes of at least 4 members (excludes halogenated alkanes) is 2. The third-order valence-corrected chi connectivity index (χ3v) is 3.62. The number of hydrogen-bond acceptors (Lipinski definition) is 5. The molecule has 0 unspecified atom stereocenters. The van der Waals surface area contributed by atoms with E-state index < -0.39 is 5.97 Å². The SMILES string of the molecule is CCOC(=O)CCCCCc1c(C=O)[nH]c(C(=O)OCC)c1C. The van der Waals surface area contributed by atoms with E-state index in [1.807, 2.05) is 6.92 Å². The van der Waals surface area contributed by atoms with Gasteiger partial charge in [-0.3, -0.25) is 9.59 Å². The summed E-state index contributed by atoms with van der Waals surface area (Å²) in [6, 6.07) is 0. The summed E-state index contributed by atoms with van der Waals surface area (Å²) in [5.74, 6) is -0.620. The van der Waals surface area contributed by atoms with Crippen molar-refractivity contribution in [3.63, 3.8) is 0 Å². The van der Waals surface area contributed by atoms with Crippen molar-refractivity contribution in [1.29, 1.82) is 0 Å². The lowest BCUT2D eigenvalue weighted by atomic mass is 10.0. The number of carbonyl (C=O) groups is 3. The molecule has 0 aliphatic heterocycles. The zero-order valence-corrected chi connectivity index (χ0v) is 14.1. The van der Waals surface area contributed by atoms with Gasteiger partial charge in [0.25, 0.3) is 0 Å². The first-order valence-electron chi connectivity index (χ1n) is 8.04. The van der Waals surface area contributed by atoms with Crippen molar-refractivity contribution in [2.75, 3.05) is 13.2 Å². The number of ether oxygens (including phenoxy) is 2. The summed E-state index contributed by atoms with van der Waals surface area (Å²) in [4.78, 5) is 37.1. The number of aromatic amines is 1. The third kappa shape index (κ3) is 5.54. The van der Waals surface area contributed by atoms with Crippen molar-refractivity contribution in [3.8, 4) is 0 Å². The lowest BCUT2D eigenvalue weighted by molar-refractivity contribution is -0.143. The fourth-order valence-corrected chi connectivity index (χ4v) is 2.47. The molecule has 23 heavy (non-hydrogen) atoms. The van der Waals surface area contributed by atoms with Gasteiger partial charge in [-0.25, -0.2) is 4.79 Å². The highest BCUT2D eigenvalue weighted by molar-refractivity contribution is 5.92. The Morgan fingerprint density at radius 1 is 1.09 bits per heavy atom. The summed E-state index contributed by atoms with van der Waals surface area (Å²) >= 11 is 0. The van der Waals surface area contributed by atoms with Gasteiger partial charge in [0.2, 0.25) is 0 Å². The Kier molecular flexibility index (Phi) is 8.08.